The second-order valence-electron chi connectivity index (χ2n) is 5.20. The molecule has 2 rings (SSSR count). The largest absolute Gasteiger partial charge is 0.381 e. The smallest absolute Gasteiger partial charge is 0.0931 e. The summed E-state index contributed by atoms with van der Waals surface area (Å²) in [6, 6.07) is 4.25. The maximum atomic E-state index is 5.96. The number of hydrogen-bond donors (Lipinski definition) is 2. The Labute approximate surface area is 124 Å². The van der Waals surface area contributed by atoms with E-state index in [1.54, 1.807) is 11.3 Å². The van der Waals surface area contributed by atoms with Gasteiger partial charge >= 0.3 is 0 Å². The molecule has 3 N–H and O–H groups in total. The molecule has 0 radical (unpaired) electrons. The molecule has 2 heterocycles. The maximum absolute atomic E-state index is 5.96. The van der Waals surface area contributed by atoms with E-state index in [2.05, 4.69) is 11.5 Å². The predicted octanol–water partition coefficient (Wildman–Crippen LogP) is 3.89. The van der Waals surface area contributed by atoms with Crippen molar-refractivity contribution in [3.63, 3.8) is 0 Å². The highest BCUT2D eigenvalue weighted by Gasteiger charge is 2.15. The number of thiophene rings is 1. The van der Waals surface area contributed by atoms with Crippen molar-refractivity contribution in [1.82, 2.24) is 5.43 Å². The number of nitrogens with two attached hydrogens (primary N) is 1. The van der Waals surface area contributed by atoms with Crippen LogP contribution in [-0.2, 0) is 4.74 Å². The van der Waals surface area contributed by atoms with Crippen molar-refractivity contribution in [2.75, 3.05) is 13.2 Å². The van der Waals surface area contributed by atoms with Crippen LogP contribution in [0.1, 0.15) is 49.4 Å². The Morgan fingerprint density at radius 3 is 2.79 bits per heavy atom. The minimum absolute atomic E-state index is 0.243. The molecule has 0 spiro atoms. The van der Waals surface area contributed by atoms with Gasteiger partial charge in [-0.15, -0.1) is 11.3 Å². The Kier molecular flexibility index (Phi) is 6.61. The van der Waals surface area contributed by atoms with Gasteiger partial charge in [0.15, 0.2) is 0 Å². The topological polar surface area (TPSA) is 47.3 Å². The van der Waals surface area contributed by atoms with E-state index < -0.39 is 0 Å². The summed E-state index contributed by atoms with van der Waals surface area (Å²) in [5, 5.41) is 0. The number of hydrogen-bond acceptors (Lipinski definition) is 4. The molecule has 5 heteroatoms. The number of ether oxygens (including phenoxy) is 1. The lowest BCUT2D eigenvalue weighted by Gasteiger charge is -2.22. The second-order valence-corrected chi connectivity index (χ2v) is 6.95. The molecular formula is C14H23ClN2OS. The van der Waals surface area contributed by atoms with E-state index in [0.29, 0.717) is 0 Å². The molecule has 1 aromatic heterocycles. The lowest BCUT2D eigenvalue weighted by atomic mass is 9.93. The van der Waals surface area contributed by atoms with Gasteiger partial charge in [-0.05, 0) is 37.3 Å². The quantitative estimate of drug-likeness (QED) is 0.456. The van der Waals surface area contributed by atoms with Crippen molar-refractivity contribution in [3.05, 3.63) is 21.3 Å². The average molecular weight is 303 g/mol. The summed E-state index contributed by atoms with van der Waals surface area (Å²) in [6.45, 7) is 1.90. The minimum atomic E-state index is 0.243. The van der Waals surface area contributed by atoms with Gasteiger partial charge < -0.3 is 4.74 Å². The van der Waals surface area contributed by atoms with Gasteiger partial charge in [0, 0.05) is 18.1 Å². The molecule has 1 aliphatic rings. The van der Waals surface area contributed by atoms with E-state index in [-0.39, 0.29) is 6.04 Å². The van der Waals surface area contributed by atoms with Crippen molar-refractivity contribution >= 4 is 22.9 Å². The zero-order valence-corrected chi connectivity index (χ0v) is 12.8. The fourth-order valence-electron chi connectivity index (χ4n) is 2.64. The Balaban J connectivity index is 1.65. The molecule has 1 atom stereocenters. The van der Waals surface area contributed by atoms with Crippen LogP contribution < -0.4 is 11.3 Å². The molecule has 0 saturated carbocycles. The Bertz CT molecular complexity index is 366. The summed E-state index contributed by atoms with van der Waals surface area (Å²) in [6.07, 6.45) is 7.37. The van der Waals surface area contributed by atoms with Gasteiger partial charge in [0.05, 0.1) is 10.4 Å². The fourth-order valence-corrected chi connectivity index (χ4v) is 3.80. The first-order chi connectivity index (χ1) is 9.29. The van der Waals surface area contributed by atoms with Crippen molar-refractivity contribution in [2.24, 2.45) is 11.8 Å². The lowest BCUT2D eigenvalue weighted by molar-refractivity contribution is 0.0630. The van der Waals surface area contributed by atoms with Crippen LogP contribution >= 0.6 is 22.9 Å². The predicted molar refractivity (Wildman–Crippen MR) is 81.4 cm³/mol. The summed E-state index contributed by atoms with van der Waals surface area (Å²) in [7, 11) is 0. The minimum Gasteiger partial charge on any atom is -0.381 e. The summed E-state index contributed by atoms with van der Waals surface area (Å²) in [5.74, 6) is 6.51. The average Bonchev–Trinajstić information content (AvgIpc) is 2.86. The first kappa shape index (κ1) is 15.3. The molecule has 1 fully saturated rings. The van der Waals surface area contributed by atoms with Crippen LogP contribution in [0.3, 0.4) is 0 Å². The van der Waals surface area contributed by atoms with Gasteiger partial charge in [-0.25, -0.2) is 0 Å². The fraction of sp³-hybridized carbons (Fsp3) is 0.714. The van der Waals surface area contributed by atoms with Crippen molar-refractivity contribution in [3.8, 4) is 0 Å². The van der Waals surface area contributed by atoms with Crippen LogP contribution in [0.4, 0.5) is 0 Å². The van der Waals surface area contributed by atoms with Crippen molar-refractivity contribution in [2.45, 2.75) is 44.6 Å². The molecule has 1 aromatic rings. The highest BCUT2D eigenvalue weighted by molar-refractivity contribution is 7.16. The first-order valence-corrected chi connectivity index (χ1v) is 8.28. The number of unbranched alkanes of at least 4 members (excludes halogenated alkanes) is 1. The SMILES string of the molecule is NNC(CCCCC1CCOCC1)c1ccc(Cl)s1. The zero-order chi connectivity index (χ0) is 13.5. The number of nitrogens with one attached hydrogen (secondary N) is 1. The number of halogens is 1. The Morgan fingerprint density at radius 2 is 2.16 bits per heavy atom. The van der Waals surface area contributed by atoms with Crippen molar-refractivity contribution in [1.29, 1.82) is 0 Å². The van der Waals surface area contributed by atoms with Crippen LogP contribution in [0.5, 0.6) is 0 Å². The molecule has 108 valence electrons. The van der Waals surface area contributed by atoms with Crippen LogP contribution in [0.25, 0.3) is 0 Å². The van der Waals surface area contributed by atoms with E-state index in [1.807, 2.05) is 6.07 Å². The summed E-state index contributed by atoms with van der Waals surface area (Å²) >= 11 is 7.58. The second kappa shape index (κ2) is 8.22. The molecular weight excluding hydrogens is 280 g/mol. The number of rotatable bonds is 7. The summed E-state index contributed by atoms with van der Waals surface area (Å²) in [4.78, 5) is 1.23. The van der Waals surface area contributed by atoms with Crippen LogP contribution in [0.2, 0.25) is 4.34 Å². The first-order valence-electron chi connectivity index (χ1n) is 7.08. The molecule has 19 heavy (non-hydrogen) atoms. The number of hydrazine groups is 1. The van der Waals surface area contributed by atoms with E-state index in [4.69, 9.17) is 22.2 Å². The van der Waals surface area contributed by atoms with Gasteiger partial charge in [-0.1, -0.05) is 30.9 Å². The van der Waals surface area contributed by atoms with E-state index in [1.165, 1.54) is 37.0 Å². The summed E-state index contributed by atoms with van der Waals surface area (Å²) in [5.41, 5.74) is 2.90. The molecule has 0 aliphatic carbocycles. The maximum Gasteiger partial charge on any atom is 0.0931 e. The van der Waals surface area contributed by atoms with Gasteiger partial charge in [0.25, 0.3) is 0 Å². The van der Waals surface area contributed by atoms with Gasteiger partial charge in [-0.3, -0.25) is 11.3 Å². The third kappa shape index (κ3) is 5.04. The van der Waals surface area contributed by atoms with Crippen LogP contribution in [0, 0.1) is 5.92 Å². The third-order valence-corrected chi connectivity index (χ3v) is 5.18. The Hall–Kier alpha value is -0.130. The molecule has 1 aliphatic heterocycles. The lowest BCUT2D eigenvalue weighted by Crippen LogP contribution is -2.27. The highest BCUT2D eigenvalue weighted by Crippen LogP contribution is 2.30. The highest BCUT2D eigenvalue weighted by atomic mass is 35.5. The standard InChI is InChI=1S/C14H23ClN2OS/c15-14-6-5-13(19-14)12(17-16)4-2-1-3-11-7-9-18-10-8-11/h5-6,11-12,17H,1-4,7-10,16H2. The molecule has 0 bridgehead atoms. The van der Waals surface area contributed by atoms with Gasteiger partial charge in [0.1, 0.15) is 0 Å². The Morgan fingerprint density at radius 1 is 1.37 bits per heavy atom. The van der Waals surface area contributed by atoms with Crippen LogP contribution in [0.15, 0.2) is 12.1 Å². The van der Waals surface area contributed by atoms with Crippen LogP contribution in [-0.4, -0.2) is 13.2 Å². The van der Waals surface area contributed by atoms with E-state index in [0.717, 1.165) is 29.9 Å². The molecule has 3 nitrogen and oxygen atoms in total. The van der Waals surface area contributed by atoms with E-state index >= 15 is 0 Å². The molecule has 0 amide bonds. The molecule has 1 unspecified atom stereocenters. The third-order valence-electron chi connectivity index (χ3n) is 3.83. The van der Waals surface area contributed by atoms with E-state index in [9.17, 15) is 0 Å². The normalized spacial score (nSPS) is 18.6. The summed E-state index contributed by atoms with van der Waals surface area (Å²) < 4.78 is 6.22. The molecule has 1 saturated heterocycles. The monoisotopic (exact) mass is 302 g/mol. The zero-order valence-electron chi connectivity index (χ0n) is 11.2. The van der Waals surface area contributed by atoms with Gasteiger partial charge in [-0.2, -0.15) is 0 Å². The van der Waals surface area contributed by atoms with Crippen molar-refractivity contribution < 1.29 is 4.74 Å². The molecule has 0 aromatic carbocycles. The van der Waals surface area contributed by atoms with Gasteiger partial charge in [0.2, 0.25) is 0 Å².